The molecular weight excluding hydrogens is 278 g/mol. The lowest BCUT2D eigenvalue weighted by molar-refractivity contribution is 0.0948. The Morgan fingerprint density at radius 3 is 2.45 bits per heavy atom. The average Bonchev–Trinajstić information content (AvgIpc) is 2.88. The highest BCUT2D eigenvalue weighted by atomic mass is 32.2. The second-order valence-electron chi connectivity index (χ2n) is 4.53. The number of hydrogen-bond donors (Lipinski definition) is 1. The molecule has 6 heteroatoms. The Kier molecular flexibility index (Phi) is 4.24. The van der Waals surface area contributed by atoms with Crippen molar-refractivity contribution in [3.05, 3.63) is 59.5 Å². The average molecular weight is 293 g/mol. The van der Waals surface area contributed by atoms with Gasteiger partial charge in [0.05, 0.1) is 18.6 Å². The van der Waals surface area contributed by atoms with E-state index in [2.05, 4.69) is 5.32 Å². The van der Waals surface area contributed by atoms with Crippen LogP contribution in [0.1, 0.15) is 21.7 Å². The Balaban J connectivity index is 1.97. The van der Waals surface area contributed by atoms with Gasteiger partial charge in [-0.25, -0.2) is 8.42 Å². The molecule has 0 saturated carbocycles. The Morgan fingerprint density at radius 1 is 1.20 bits per heavy atom. The van der Waals surface area contributed by atoms with Crippen LogP contribution in [0.15, 0.2) is 47.1 Å². The van der Waals surface area contributed by atoms with E-state index in [4.69, 9.17) is 4.42 Å². The number of carbonyl (C=O) groups is 1. The molecule has 2 aromatic rings. The van der Waals surface area contributed by atoms with E-state index in [0.717, 1.165) is 0 Å². The van der Waals surface area contributed by atoms with Crippen molar-refractivity contribution in [2.24, 2.45) is 0 Å². The molecule has 2 rings (SSSR count). The van der Waals surface area contributed by atoms with Crippen LogP contribution in [-0.4, -0.2) is 20.6 Å². The summed E-state index contributed by atoms with van der Waals surface area (Å²) >= 11 is 0. The first-order valence-corrected chi connectivity index (χ1v) is 8.07. The molecule has 0 spiro atoms. The summed E-state index contributed by atoms with van der Waals surface area (Å²) in [6, 6.07) is 10.0. The number of carbonyl (C=O) groups excluding carboxylic acids is 1. The smallest absolute Gasteiger partial charge is 0.251 e. The van der Waals surface area contributed by atoms with Gasteiger partial charge in [-0.2, -0.15) is 0 Å². The molecule has 1 aromatic heterocycles. The quantitative estimate of drug-likeness (QED) is 0.911. The van der Waals surface area contributed by atoms with Crippen LogP contribution in [-0.2, 0) is 22.1 Å². The largest absolute Gasteiger partial charge is 0.467 e. The van der Waals surface area contributed by atoms with Gasteiger partial charge in [0.15, 0.2) is 9.84 Å². The van der Waals surface area contributed by atoms with Gasteiger partial charge in [-0.3, -0.25) is 4.79 Å². The molecule has 0 aliphatic carbocycles. The molecule has 1 N–H and O–H groups in total. The van der Waals surface area contributed by atoms with Gasteiger partial charge in [-0.1, -0.05) is 12.1 Å². The summed E-state index contributed by atoms with van der Waals surface area (Å²) in [5.74, 6) is 0.417. The van der Waals surface area contributed by atoms with Gasteiger partial charge in [0.1, 0.15) is 5.76 Å². The van der Waals surface area contributed by atoms with Gasteiger partial charge in [0.25, 0.3) is 5.91 Å². The van der Waals surface area contributed by atoms with Crippen LogP contribution < -0.4 is 5.32 Å². The number of sulfone groups is 1. The first-order chi connectivity index (χ1) is 9.44. The highest BCUT2D eigenvalue weighted by molar-refractivity contribution is 7.89. The summed E-state index contributed by atoms with van der Waals surface area (Å²) in [5, 5.41) is 2.72. The normalized spacial score (nSPS) is 11.2. The fourth-order valence-corrected chi connectivity index (χ4v) is 2.54. The number of nitrogens with one attached hydrogen (secondary N) is 1. The molecular formula is C14H15NO4S. The maximum Gasteiger partial charge on any atom is 0.251 e. The van der Waals surface area contributed by atoms with E-state index in [1.807, 2.05) is 0 Å². The minimum atomic E-state index is -3.06. The van der Waals surface area contributed by atoms with Crippen molar-refractivity contribution in [2.75, 3.05) is 6.26 Å². The first-order valence-electron chi connectivity index (χ1n) is 6.01. The van der Waals surface area contributed by atoms with Crippen LogP contribution in [0, 0.1) is 0 Å². The maximum atomic E-state index is 11.9. The van der Waals surface area contributed by atoms with E-state index in [1.54, 1.807) is 42.7 Å². The van der Waals surface area contributed by atoms with Crippen molar-refractivity contribution in [1.29, 1.82) is 0 Å². The van der Waals surface area contributed by atoms with Crippen LogP contribution >= 0.6 is 0 Å². The van der Waals surface area contributed by atoms with Crippen molar-refractivity contribution >= 4 is 15.7 Å². The molecule has 0 unspecified atom stereocenters. The molecule has 0 saturated heterocycles. The summed E-state index contributed by atoms with van der Waals surface area (Å²) in [6.07, 6.45) is 2.72. The Morgan fingerprint density at radius 2 is 1.90 bits per heavy atom. The third-order valence-corrected chi connectivity index (χ3v) is 3.51. The van der Waals surface area contributed by atoms with Gasteiger partial charge in [-0.05, 0) is 29.8 Å². The molecule has 1 aromatic carbocycles. The Labute approximate surface area is 117 Å². The molecule has 1 heterocycles. The van der Waals surface area contributed by atoms with E-state index in [9.17, 15) is 13.2 Å². The molecule has 20 heavy (non-hydrogen) atoms. The Bertz CT molecular complexity index is 672. The second kappa shape index (κ2) is 5.92. The SMILES string of the molecule is CS(=O)(=O)Cc1ccc(C(=O)NCc2ccco2)cc1. The number of furan rings is 1. The van der Waals surface area contributed by atoms with Gasteiger partial charge >= 0.3 is 0 Å². The van der Waals surface area contributed by atoms with Crippen molar-refractivity contribution in [2.45, 2.75) is 12.3 Å². The topological polar surface area (TPSA) is 76.4 Å². The molecule has 0 aliphatic heterocycles. The summed E-state index contributed by atoms with van der Waals surface area (Å²) in [7, 11) is -3.06. The lowest BCUT2D eigenvalue weighted by Gasteiger charge is -2.04. The predicted octanol–water partition coefficient (Wildman–Crippen LogP) is 1.75. The lowest BCUT2D eigenvalue weighted by Crippen LogP contribution is -2.22. The van der Waals surface area contributed by atoms with Crippen molar-refractivity contribution in [3.8, 4) is 0 Å². The monoisotopic (exact) mass is 293 g/mol. The van der Waals surface area contributed by atoms with Crippen molar-refractivity contribution in [3.63, 3.8) is 0 Å². The van der Waals surface area contributed by atoms with Crippen LogP contribution in [0.5, 0.6) is 0 Å². The fourth-order valence-electron chi connectivity index (χ4n) is 1.74. The maximum absolute atomic E-state index is 11.9. The molecule has 0 radical (unpaired) electrons. The number of amides is 1. The van der Waals surface area contributed by atoms with E-state index in [0.29, 0.717) is 23.4 Å². The third-order valence-electron chi connectivity index (χ3n) is 2.65. The molecule has 0 aliphatic rings. The van der Waals surface area contributed by atoms with Crippen molar-refractivity contribution < 1.29 is 17.6 Å². The molecule has 0 fully saturated rings. The van der Waals surface area contributed by atoms with Gasteiger partial charge in [0.2, 0.25) is 0 Å². The van der Waals surface area contributed by atoms with Gasteiger partial charge in [-0.15, -0.1) is 0 Å². The van der Waals surface area contributed by atoms with Crippen molar-refractivity contribution in [1.82, 2.24) is 5.32 Å². The van der Waals surface area contributed by atoms with Crippen LogP contribution in [0.4, 0.5) is 0 Å². The fraction of sp³-hybridized carbons (Fsp3) is 0.214. The minimum absolute atomic E-state index is 0.0265. The van der Waals surface area contributed by atoms with E-state index < -0.39 is 9.84 Å². The molecule has 5 nitrogen and oxygen atoms in total. The van der Waals surface area contributed by atoms with E-state index >= 15 is 0 Å². The lowest BCUT2D eigenvalue weighted by atomic mass is 10.1. The zero-order valence-electron chi connectivity index (χ0n) is 11.0. The number of rotatable bonds is 5. The van der Waals surface area contributed by atoms with Crippen LogP contribution in [0.2, 0.25) is 0 Å². The summed E-state index contributed by atoms with van der Waals surface area (Å²) in [4.78, 5) is 11.9. The summed E-state index contributed by atoms with van der Waals surface area (Å²) in [5.41, 5.74) is 1.14. The van der Waals surface area contributed by atoms with Crippen LogP contribution in [0.25, 0.3) is 0 Å². The predicted molar refractivity (Wildman–Crippen MR) is 74.9 cm³/mol. The summed E-state index contributed by atoms with van der Waals surface area (Å²) in [6.45, 7) is 0.316. The zero-order chi connectivity index (χ0) is 14.6. The summed E-state index contributed by atoms with van der Waals surface area (Å²) < 4.78 is 27.4. The van der Waals surface area contributed by atoms with Crippen LogP contribution in [0.3, 0.4) is 0 Å². The zero-order valence-corrected chi connectivity index (χ0v) is 11.8. The third kappa shape index (κ3) is 4.24. The number of benzene rings is 1. The Hall–Kier alpha value is -2.08. The standard InChI is InChI=1S/C14H15NO4S/c1-20(17,18)10-11-4-6-12(7-5-11)14(16)15-9-13-3-2-8-19-13/h2-8H,9-10H2,1H3,(H,15,16). The highest BCUT2D eigenvalue weighted by Crippen LogP contribution is 2.08. The van der Waals surface area contributed by atoms with Gasteiger partial charge in [0, 0.05) is 11.8 Å². The van der Waals surface area contributed by atoms with E-state index in [1.165, 1.54) is 6.26 Å². The molecule has 106 valence electrons. The number of hydrogen-bond acceptors (Lipinski definition) is 4. The van der Waals surface area contributed by atoms with Gasteiger partial charge < -0.3 is 9.73 Å². The molecule has 1 amide bonds. The molecule has 0 bridgehead atoms. The minimum Gasteiger partial charge on any atom is -0.467 e. The first kappa shape index (κ1) is 14.3. The highest BCUT2D eigenvalue weighted by Gasteiger charge is 2.08. The van der Waals surface area contributed by atoms with E-state index in [-0.39, 0.29) is 11.7 Å². The second-order valence-corrected chi connectivity index (χ2v) is 6.67. The molecule has 0 atom stereocenters.